The highest BCUT2D eigenvalue weighted by molar-refractivity contribution is 6.10. The molecule has 2 heterocycles. The molecule has 0 fully saturated rings. The van der Waals surface area contributed by atoms with Crippen LogP contribution >= 0.6 is 0 Å². The average Bonchev–Trinajstić information content (AvgIpc) is 3.07. The van der Waals surface area contributed by atoms with Crippen LogP contribution in [0, 0.1) is 19.8 Å². The van der Waals surface area contributed by atoms with E-state index in [0.717, 1.165) is 6.42 Å². The molecule has 0 N–H and O–H groups in total. The number of pyridine rings is 1. The third kappa shape index (κ3) is 3.53. The number of hydrogen-bond donors (Lipinski definition) is 0. The van der Waals surface area contributed by atoms with Gasteiger partial charge in [0.2, 0.25) is 5.69 Å². The molecule has 0 saturated carbocycles. The summed E-state index contributed by atoms with van der Waals surface area (Å²) in [4.78, 5) is 0. The van der Waals surface area contributed by atoms with Crippen LogP contribution in [0.15, 0.2) is 60.7 Å². The highest BCUT2D eigenvalue weighted by Gasteiger charge is 2.22. The highest BCUT2D eigenvalue weighted by atomic mass is 15.0. The molecule has 0 aliphatic carbocycles. The van der Waals surface area contributed by atoms with Gasteiger partial charge in [0.05, 0.1) is 16.5 Å². The first-order valence-electron chi connectivity index (χ1n) is 12.2. The van der Waals surface area contributed by atoms with E-state index < -0.39 is 0 Å². The summed E-state index contributed by atoms with van der Waals surface area (Å²) in [6.45, 7) is 13.6. The fraction of sp³-hybridized carbons (Fsp3) is 0.323. The monoisotopic (exact) mass is 435 g/mol. The second kappa shape index (κ2) is 8.02. The molecule has 0 amide bonds. The zero-order valence-corrected chi connectivity index (χ0v) is 21.0. The van der Waals surface area contributed by atoms with Crippen LogP contribution in [0.2, 0.25) is 0 Å². The van der Waals surface area contributed by atoms with Crippen molar-refractivity contribution in [1.29, 1.82) is 0 Å². The normalized spacial score (nSPS) is 12.2. The molecule has 0 saturated heterocycles. The van der Waals surface area contributed by atoms with Crippen molar-refractivity contribution in [2.45, 2.75) is 54.0 Å². The van der Waals surface area contributed by atoms with E-state index in [1.807, 2.05) is 0 Å². The van der Waals surface area contributed by atoms with E-state index in [0.29, 0.717) is 12.0 Å². The Morgan fingerprint density at radius 1 is 0.788 bits per heavy atom. The number of aromatic nitrogens is 2. The Bertz CT molecular complexity index is 1520. The summed E-state index contributed by atoms with van der Waals surface area (Å²) in [5.41, 5.74) is 9.28. The second-order valence-corrected chi connectivity index (χ2v) is 10.4. The summed E-state index contributed by atoms with van der Waals surface area (Å²) in [5, 5.41) is 5.35. The molecule has 0 aliphatic heterocycles. The fourth-order valence-electron chi connectivity index (χ4n) is 5.51. The lowest BCUT2D eigenvalue weighted by atomic mass is 9.94. The maximum Gasteiger partial charge on any atom is 0.220 e. The van der Waals surface area contributed by atoms with Crippen molar-refractivity contribution in [2.24, 2.45) is 13.0 Å². The van der Waals surface area contributed by atoms with Gasteiger partial charge in [0.25, 0.3) is 0 Å². The van der Waals surface area contributed by atoms with Gasteiger partial charge in [-0.15, -0.1) is 0 Å². The van der Waals surface area contributed by atoms with Crippen molar-refractivity contribution in [3.63, 3.8) is 0 Å². The van der Waals surface area contributed by atoms with Crippen molar-refractivity contribution >= 4 is 32.6 Å². The van der Waals surface area contributed by atoms with Gasteiger partial charge < -0.3 is 4.57 Å². The van der Waals surface area contributed by atoms with E-state index in [-0.39, 0.29) is 0 Å². The van der Waals surface area contributed by atoms with Crippen molar-refractivity contribution in [1.82, 2.24) is 4.57 Å². The number of aryl methyl sites for hydroxylation is 2. The lowest BCUT2D eigenvalue weighted by Crippen LogP contribution is -2.35. The van der Waals surface area contributed by atoms with Gasteiger partial charge in [-0.3, -0.25) is 0 Å². The van der Waals surface area contributed by atoms with Crippen LogP contribution in [0.1, 0.15) is 50.6 Å². The number of nitrogens with zero attached hydrogens (tertiary/aromatic N) is 2. The van der Waals surface area contributed by atoms with Gasteiger partial charge in [-0.25, -0.2) is 0 Å². The van der Waals surface area contributed by atoms with E-state index >= 15 is 0 Å². The molecule has 33 heavy (non-hydrogen) atoms. The van der Waals surface area contributed by atoms with Crippen LogP contribution in [0.5, 0.6) is 0 Å². The van der Waals surface area contributed by atoms with E-state index in [9.17, 15) is 0 Å². The fourth-order valence-corrected chi connectivity index (χ4v) is 5.51. The Hall–Kier alpha value is -3.13. The third-order valence-electron chi connectivity index (χ3n) is 7.07. The van der Waals surface area contributed by atoms with Gasteiger partial charge in [-0.1, -0.05) is 44.2 Å². The van der Waals surface area contributed by atoms with Crippen molar-refractivity contribution in [3.8, 4) is 11.3 Å². The third-order valence-corrected chi connectivity index (χ3v) is 7.07. The second-order valence-electron chi connectivity index (χ2n) is 10.4. The first-order chi connectivity index (χ1) is 15.8. The first-order valence-corrected chi connectivity index (χ1v) is 12.2. The molecule has 2 aromatic heterocycles. The Labute approximate surface area is 197 Å². The molecule has 2 nitrogen and oxygen atoms in total. The summed E-state index contributed by atoms with van der Waals surface area (Å²) >= 11 is 0. The molecular formula is C31H35N2+. The Morgan fingerprint density at radius 3 is 2.27 bits per heavy atom. The molecule has 0 radical (unpaired) electrons. The summed E-state index contributed by atoms with van der Waals surface area (Å²) in [5.74, 6) is 0.658. The van der Waals surface area contributed by atoms with E-state index in [2.05, 4.69) is 118 Å². The molecule has 0 aliphatic rings. The maximum atomic E-state index is 2.49. The van der Waals surface area contributed by atoms with Crippen LogP contribution < -0.4 is 4.57 Å². The molecule has 3 aromatic carbocycles. The molecule has 168 valence electrons. The van der Waals surface area contributed by atoms with Crippen LogP contribution in [0.3, 0.4) is 0 Å². The minimum atomic E-state index is 0.393. The average molecular weight is 436 g/mol. The Balaban J connectivity index is 1.84. The smallest absolute Gasteiger partial charge is 0.220 e. The van der Waals surface area contributed by atoms with Gasteiger partial charge in [0, 0.05) is 35.3 Å². The topological polar surface area (TPSA) is 8.81 Å². The Kier molecular flexibility index (Phi) is 5.28. The van der Waals surface area contributed by atoms with Gasteiger partial charge >= 0.3 is 0 Å². The van der Waals surface area contributed by atoms with Crippen LogP contribution in [0.4, 0.5) is 0 Å². The van der Waals surface area contributed by atoms with Crippen LogP contribution in [-0.2, 0) is 13.5 Å². The summed E-state index contributed by atoms with van der Waals surface area (Å²) < 4.78 is 4.85. The standard InChI is InChI=1S/C31H35N2/c1-19(2)14-23-12-13-25-24(17-23)16-22(6)32(7)31(25)27-18-30-28(15-21(27)5)26-10-8-9-11-29(26)33(30)20(3)4/h8-13,15-20H,14H2,1-7H3/q+1. The molecular weight excluding hydrogens is 400 g/mol. The zero-order valence-electron chi connectivity index (χ0n) is 21.0. The predicted octanol–water partition coefficient (Wildman–Crippen LogP) is 7.84. The molecule has 0 atom stereocenters. The molecule has 2 heteroatoms. The maximum absolute atomic E-state index is 2.49. The van der Waals surface area contributed by atoms with E-state index in [1.165, 1.54) is 60.7 Å². The van der Waals surface area contributed by atoms with E-state index in [1.54, 1.807) is 0 Å². The molecule has 0 spiro atoms. The summed E-state index contributed by atoms with van der Waals surface area (Å²) in [7, 11) is 2.20. The van der Waals surface area contributed by atoms with Gasteiger partial charge in [0.15, 0.2) is 5.69 Å². The predicted molar refractivity (Wildman–Crippen MR) is 142 cm³/mol. The number of benzene rings is 3. The van der Waals surface area contributed by atoms with E-state index in [4.69, 9.17) is 0 Å². The van der Waals surface area contributed by atoms with Crippen LogP contribution in [0.25, 0.3) is 43.8 Å². The van der Waals surface area contributed by atoms with Crippen molar-refractivity contribution < 1.29 is 4.57 Å². The Morgan fingerprint density at radius 2 is 1.55 bits per heavy atom. The quantitative estimate of drug-likeness (QED) is 0.254. The number of rotatable bonds is 4. The molecule has 5 rings (SSSR count). The highest BCUT2D eigenvalue weighted by Crippen LogP contribution is 2.37. The lowest BCUT2D eigenvalue weighted by Gasteiger charge is -2.14. The first kappa shape index (κ1) is 21.7. The van der Waals surface area contributed by atoms with Gasteiger partial charge in [-0.2, -0.15) is 4.57 Å². The zero-order chi connectivity index (χ0) is 23.4. The SMILES string of the molecule is Cc1cc2c3ccccc3n(C(C)C)c2cc1-c1c2ccc(CC(C)C)cc2cc(C)[n+]1C. The van der Waals surface area contributed by atoms with Crippen molar-refractivity contribution in [3.05, 3.63) is 77.5 Å². The number of para-hydroxylation sites is 1. The van der Waals surface area contributed by atoms with Gasteiger partial charge in [0.1, 0.15) is 7.05 Å². The largest absolute Gasteiger partial charge is 0.338 e. The molecule has 0 bridgehead atoms. The number of fused-ring (bicyclic) bond motifs is 4. The number of hydrogen-bond acceptors (Lipinski definition) is 0. The molecule has 5 aromatic rings. The molecule has 0 unspecified atom stereocenters. The minimum absolute atomic E-state index is 0.393. The summed E-state index contributed by atoms with van der Waals surface area (Å²) in [6, 6.07) is 23.4. The summed E-state index contributed by atoms with van der Waals surface area (Å²) in [6.07, 6.45) is 1.12. The van der Waals surface area contributed by atoms with Crippen LogP contribution in [-0.4, -0.2) is 4.57 Å². The van der Waals surface area contributed by atoms with Gasteiger partial charge in [-0.05, 0) is 73.9 Å². The minimum Gasteiger partial charge on any atom is -0.338 e. The lowest BCUT2D eigenvalue weighted by molar-refractivity contribution is -0.665. The van der Waals surface area contributed by atoms with Crippen molar-refractivity contribution in [2.75, 3.05) is 0 Å².